The smallest absolute Gasteiger partial charge is 0.227 e. The highest BCUT2D eigenvalue weighted by Gasteiger charge is 2.21. The van der Waals surface area contributed by atoms with Crippen LogP contribution in [0.15, 0.2) is 18.2 Å². The minimum atomic E-state index is -0.0327. The number of rotatable bonds is 2. The zero-order chi connectivity index (χ0) is 13.0. The molecule has 5 heteroatoms. The third kappa shape index (κ3) is 2.79. The van der Waals surface area contributed by atoms with Crippen LogP contribution >= 0.6 is 0 Å². The van der Waals surface area contributed by atoms with Gasteiger partial charge in [-0.3, -0.25) is 4.79 Å². The second-order valence-corrected chi connectivity index (χ2v) is 4.29. The second-order valence-electron chi connectivity index (χ2n) is 4.29. The lowest BCUT2D eigenvalue weighted by Gasteiger charge is -2.21. The number of hydrogen-bond acceptors (Lipinski definition) is 4. The van der Waals surface area contributed by atoms with Crippen LogP contribution in [0.2, 0.25) is 0 Å². The van der Waals surface area contributed by atoms with Crippen molar-refractivity contribution in [2.24, 2.45) is 5.92 Å². The number of hydrogen-bond donors (Lipinski definition) is 2. The Hall–Kier alpha value is -2.06. The minimum Gasteiger partial charge on any atom is -0.397 e. The highest BCUT2D eigenvalue weighted by Crippen LogP contribution is 2.22. The van der Waals surface area contributed by atoms with E-state index >= 15 is 0 Å². The van der Waals surface area contributed by atoms with Gasteiger partial charge >= 0.3 is 0 Å². The number of carbonyl (C=O) groups excluding carboxylic acids is 1. The van der Waals surface area contributed by atoms with Crippen molar-refractivity contribution in [3.05, 3.63) is 23.8 Å². The van der Waals surface area contributed by atoms with E-state index in [0.29, 0.717) is 30.2 Å². The van der Waals surface area contributed by atoms with E-state index in [1.807, 2.05) is 6.07 Å². The largest absolute Gasteiger partial charge is 0.397 e. The molecule has 1 saturated heterocycles. The zero-order valence-electron chi connectivity index (χ0n) is 9.98. The van der Waals surface area contributed by atoms with Crippen LogP contribution in [0, 0.1) is 17.2 Å². The Balaban J connectivity index is 2.04. The third-order valence-corrected chi connectivity index (χ3v) is 3.03. The van der Waals surface area contributed by atoms with Crippen LogP contribution in [0.5, 0.6) is 0 Å². The number of nitrogens with two attached hydrogens (primary N) is 1. The average Bonchev–Trinajstić information content (AvgIpc) is 2.42. The van der Waals surface area contributed by atoms with E-state index in [1.54, 1.807) is 18.2 Å². The van der Waals surface area contributed by atoms with Gasteiger partial charge in [-0.2, -0.15) is 5.26 Å². The maximum Gasteiger partial charge on any atom is 0.227 e. The molecular formula is C13H15N3O2. The molecule has 18 heavy (non-hydrogen) atoms. The SMILES string of the molecule is N#Cc1ccc(NC(=O)C2CCOCC2)c(N)c1. The van der Waals surface area contributed by atoms with Crippen molar-refractivity contribution < 1.29 is 9.53 Å². The Labute approximate surface area is 106 Å². The molecule has 1 amide bonds. The van der Waals surface area contributed by atoms with E-state index in [1.165, 1.54) is 0 Å². The van der Waals surface area contributed by atoms with Crippen LogP contribution in [0.1, 0.15) is 18.4 Å². The number of nitrogens with one attached hydrogen (secondary N) is 1. The van der Waals surface area contributed by atoms with Crippen LogP contribution in [0.4, 0.5) is 11.4 Å². The van der Waals surface area contributed by atoms with E-state index in [4.69, 9.17) is 15.7 Å². The maximum absolute atomic E-state index is 12.0. The topological polar surface area (TPSA) is 88.1 Å². The number of amides is 1. The lowest BCUT2D eigenvalue weighted by atomic mass is 9.99. The summed E-state index contributed by atoms with van der Waals surface area (Å²) in [7, 11) is 0. The molecular weight excluding hydrogens is 230 g/mol. The highest BCUT2D eigenvalue weighted by atomic mass is 16.5. The van der Waals surface area contributed by atoms with Crippen molar-refractivity contribution in [3.8, 4) is 6.07 Å². The van der Waals surface area contributed by atoms with Gasteiger partial charge in [0.1, 0.15) is 0 Å². The van der Waals surface area contributed by atoms with Crippen molar-refractivity contribution in [1.82, 2.24) is 0 Å². The van der Waals surface area contributed by atoms with Gasteiger partial charge < -0.3 is 15.8 Å². The highest BCUT2D eigenvalue weighted by molar-refractivity contribution is 5.95. The van der Waals surface area contributed by atoms with Gasteiger partial charge in [0, 0.05) is 19.1 Å². The summed E-state index contributed by atoms with van der Waals surface area (Å²) < 4.78 is 5.21. The summed E-state index contributed by atoms with van der Waals surface area (Å²) in [6, 6.07) is 6.85. The fraction of sp³-hybridized carbons (Fsp3) is 0.385. The molecule has 0 atom stereocenters. The predicted octanol–water partition coefficient (Wildman–Crippen LogP) is 1.51. The molecule has 0 saturated carbocycles. The second kappa shape index (κ2) is 5.52. The average molecular weight is 245 g/mol. The molecule has 2 rings (SSSR count). The molecule has 0 aliphatic carbocycles. The Kier molecular flexibility index (Phi) is 3.80. The number of nitriles is 1. The van der Waals surface area contributed by atoms with Crippen molar-refractivity contribution in [3.63, 3.8) is 0 Å². The number of nitrogen functional groups attached to an aromatic ring is 1. The van der Waals surface area contributed by atoms with E-state index < -0.39 is 0 Å². The normalized spacial score (nSPS) is 15.9. The van der Waals surface area contributed by atoms with Crippen LogP contribution < -0.4 is 11.1 Å². The summed E-state index contributed by atoms with van der Waals surface area (Å²) in [5.74, 6) is -0.0523. The summed E-state index contributed by atoms with van der Waals surface area (Å²) in [5.41, 5.74) is 7.24. The Morgan fingerprint density at radius 1 is 1.44 bits per heavy atom. The predicted molar refractivity (Wildman–Crippen MR) is 67.7 cm³/mol. The van der Waals surface area contributed by atoms with Gasteiger partial charge in [-0.05, 0) is 31.0 Å². The first-order valence-corrected chi connectivity index (χ1v) is 5.89. The summed E-state index contributed by atoms with van der Waals surface area (Å²) in [5, 5.41) is 11.5. The monoisotopic (exact) mass is 245 g/mol. The standard InChI is InChI=1S/C13H15N3O2/c14-8-9-1-2-12(11(15)7-9)16-13(17)10-3-5-18-6-4-10/h1-2,7,10H,3-6,15H2,(H,16,17). The van der Waals surface area contributed by atoms with E-state index in [-0.39, 0.29) is 11.8 Å². The number of nitrogens with zero attached hydrogens (tertiary/aromatic N) is 1. The quantitative estimate of drug-likeness (QED) is 0.773. The van der Waals surface area contributed by atoms with Crippen molar-refractivity contribution >= 4 is 17.3 Å². The van der Waals surface area contributed by atoms with Crippen LogP contribution in [0.25, 0.3) is 0 Å². The zero-order valence-corrected chi connectivity index (χ0v) is 9.98. The van der Waals surface area contributed by atoms with Crippen molar-refractivity contribution in [1.29, 1.82) is 5.26 Å². The van der Waals surface area contributed by atoms with Gasteiger partial charge in [0.15, 0.2) is 0 Å². The van der Waals surface area contributed by atoms with Gasteiger partial charge in [-0.25, -0.2) is 0 Å². The molecule has 5 nitrogen and oxygen atoms in total. The van der Waals surface area contributed by atoms with Crippen LogP contribution in [-0.4, -0.2) is 19.1 Å². The first-order valence-electron chi connectivity index (χ1n) is 5.89. The minimum absolute atomic E-state index is 0.0196. The van der Waals surface area contributed by atoms with Crippen LogP contribution in [-0.2, 0) is 9.53 Å². The fourth-order valence-corrected chi connectivity index (χ4v) is 1.94. The first-order chi connectivity index (χ1) is 8.70. The number of ether oxygens (including phenoxy) is 1. The number of anilines is 2. The van der Waals surface area contributed by atoms with E-state index in [2.05, 4.69) is 5.32 Å². The maximum atomic E-state index is 12.0. The summed E-state index contributed by atoms with van der Waals surface area (Å²) in [6.07, 6.45) is 1.48. The van der Waals surface area contributed by atoms with Gasteiger partial charge in [-0.15, -0.1) is 0 Å². The van der Waals surface area contributed by atoms with Crippen LogP contribution in [0.3, 0.4) is 0 Å². The molecule has 1 aliphatic heterocycles. The van der Waals surface area contributed by atoms with E-state index in [9.17, 15) is 4.79 Å². The molecule has 0 spiro atoms. The molecule has 0 unspecified atom stereocenters. The molecule has 1 fully saturated rings. The summed E-state index contributed by atoms with van der Waals surface area (Å²) in [6.45, 7) is 1.25. The number of carbonyl (C=O) groups is 1. The van der Waals surface area contributed by atoms with Gasteiger partial charge in [0.05, 0.1) is 23.0 Å². The summed E-state index contributed by atoms with van der Waals surface area (Å²) >= 11 is 0. The molecule has 0 bridgehead atoms. The van der Waals surface area contributed by atoms with Gasteiger partial charge in [0.25, 0.3) is 0 Å². The van der Waals surface area contributed by atoms with Gasteiger partial charge in [-0.1, -0.05) is 0 Å². The third-order valence-electron chi connectivity index (χ3n) is 3.03. The first kappa shape index (κ1) is 12.4. The molecule has 1 aliphatic rings. The molecule has 0 aromatic heterocycles. The van der Waals surface area contributed by atoms with Crippen molar-refractivity contribution in [2.45, 2.75) is 12.8 Å². The van der Waals surface area contributed by atoms with Gasteiger partial charge in [0.2, 0.25) is 5.91 Å². The molecule has 1 aromatic rings. The van der Waals surface area contributed by atoms with Crippen molar-refractivity contribution in [2.75, 3.05) is 24.3 Å². The fourth-order valence-electron chi connectivity index (χ4n) is 1.94. The molecule has 1 heterocycles. The molecule has 94 valence electrons. The Morgan fingerprint density at radius 3 is 2.78 bits per heavy atom. The molecule has 0 radical (unpaired) electrons. The number of benzene rings is 1. The lowest BCUT2D eigenvalue weighted by molar-refractivity contribution is -0.122. The Bertz CT molecular complexity index is 487. The molecule has 3 N–H and O–H groups in total. The Morgan fingerprint density at radius 2 is 2.17 bits per heavy atom. The van der Waals surface area contributed by atoms with E-state index in [0.717, 1.165) is 12.8 Å². The lowest BCUT2D eigenvalue weighted by Crippen LogP contribution is -2.28. The molecule has 1 aromatic carbocycles. The summed E-state index contributed by atoms with van der Waals surface area (Å²) in [4.78, 5) is 12.0.